The molecule has 2 rings (SSSR count). The molecule has 0 aliphatic heterocycles. The minimum absolute atomic E-state index is 0.248. The molecule has 1 aromatic carbocycles. The first-order chi connectivity index (χ1) is 8.06. The van der Waals surface area contributed by atoms with Crippen molar-refractivity contribution in [2.24, 2.45) is 0 Å². The summed E-state index contributed by atoms with van der Waals surface area (Å²) >= 11 is 5.04. The molecule has 0 amide bonds. The van der Waals surface area contributed by atoms with E-state index in [9.17, 15) is 4.39 Å². The molecular weight excluding hydrogens is 303 g/mol. The number of hydrogen-bond acceptors (Lipinski definition) is 3. The summed E-state index contributed by atoms with van der Waals surface area (Å²) in [5, 5.41) is 4.18. The van der Waals surface area contributed by atoms with Gasteiger partial charge in [-0.2, -0.15) is 0 Å². The highest BCUT2D eigenvalue weighted by atomic mass is 79.9. The lowest BCUT2D eigenvalue weighted by Crippen LogP contribution is -2.00. The van der Waals surface area contributed by atoms with E-state index < -0.39 is 0 Å². The van der Waals surface area contributed by atoms with E-state index in [1.54, 1.807) is 17.4 Å². The van der Waals surface area contributed by atoms with Crippen molar-refractivity contribution in [1.82, 2.24) is 4.98 Å². The molecule has 0 spiro atoms. The van der Waals surface area contributed by atoms with Crippen LogP contribution in [0.15, 0.2) is 22.7 Å². The first-order valence-electron chi connectivity index (χ1n) is 5.18. The van der Waals surface area contributed by atoms with Crippen LogP contribution in [0.25, 0.3) is 0 Å². The van der Waals surface area contributed by atoms with Crippen LogP contribution >= 0.6 is 27.3 Å². The van der Waals surface area contributed by atoms with Crippen molar-refractivity contribution in [3.8, 4) is 0 Å². The SMILES string of the molecule is Cc1nc(CNc2cc(F)ccc2Br)sc1C. The molecule has 0 radical (unpaired) electrons. The molecule has 0 aliphatic rings. The van der Waals surface area contributed by atoms with Crippen LogP contribution in [-0.4, -0.2) is 4.98 Å². The number of benzene rings is 1. The zero-order chi connectivity index (χ0) is 12.4. The molecule has 0 bridgehead atoms. The maximum absolute atomic E-state index is 13.1. The Labute approximate surface area is 112 Å². The minimum Gasteiger partial charge on any atom is -0.378 e. The van der Waals surface area contributed by atoms with E-state index >= 15 is 0 Å². The van der Waals surface area contributed by atoms with Crippen LogP contribution in [0.4, 0.5) is 10.1 Å². The van der Waals surface area contributed by atoms with E-state index in [-0.39, 0.29) is 5.82 Å². The van der Waals surface area contributed by atoms with Crippen LogP contribution < -0.4 is 5.32 Å². The number of aromatic nitrogens is 1. The van der Waals surface area contributed by atoms with Crippen molar-refractivity contribution in [2.75, 3.05) is 5.32 Å². The van der Waals surface area contributed by atoms with E-state index in [2.05, 4.69) is 33.2 Å². The lowest BCUT2D eigenvalue weighted by Gasteiger charge is -2.06. The van der Waals surface area contributed by atoms with Crippen molar-refractivity contribution < 1.29 is 4.39 Å². The zero-order valence-corrected chi connectivity index (χ0v) is 12.0. The summed E-state index contributed by atoms with van der Waals surface area (Å²) in [6, 6.07) is 4.58. The Morgan fingerprint density at radius 3 is 2.82 bits per heavy atom. The van der Waals surface area contributed by atoms with Crippen LogP contribution in [0.3, 0.4) is 0 Å². The monoisotopic (exact) mass is 314 g/mol. The van der Waals surface area contributed by atoms with Gasteiger partial charge in [0.2, 0.25) is 0 Å². The highest BCUT2D eigenvalue weighted by Crippen LogP contribution is 2.24. The molecule has 0 atom stereocenters. The van der Waals surface area contributed by atoms with Gasteiger partial charge in [-0.25, -0.2) is 9.37 Å². The van der Waals surface area contributed by atoms with Crippen molar-refractivity contribution in [1.29, 1.82) is 0 Å². The highest BCUT2D eigenvalue weighted by Gasteiger charge is 2.05. The highest BCUT2D eigenvalue weighted by molar-refractivity contribution is 9.10. The number of thiazole rings is 1. The number of hydrogen-bond donors (Lipinski definition) is 1. The molecule has 1 N–H and O–H groups in total. The number of halogens is 2. The number of nitrogens with zero attached hydrogens (tertiary/aromatic N) is 1. The second kappa shape index (κ2) is 5.14. The summed E-state index contributed by atoms with van der Waals surface area (Å²) < 4.78 is 13.9. The summed E-state index contributed by atoms with van der Waals surface area (Å²) in [5.74, 6) is -0.248. The third-order valence-electron chi connectivity index (χ3n) is 2.43. The van der Waals surface area contributed by atoms with E-state index in [0.717, 1.165) is 20.9 Å². The summed E-state index contributed by atoms with van der Waals surface area (Å²) in [6.07, 6.45) is 0. The maximum Gasteiger partial charge on any atom is 0.125 e. The summed E-state index contributed by atoms with van der Waals surface area (Å²) in [4.78, 5) is 5.65. The van der Waals surface area contributed by atoms with Crippen LogP contribution in [0.5, 0.6) is 0 Å². The molecule has 17 heavy (non-hydrogen) atoms. The molecule has 1 aromatic heterocycles. The molecule has 5 heteroatoms. The number of anilines is 1. The first-order valence-corrected chi connectivity index (χ1v) is 6.79. The Balaban J connectivity index is 2.09. The summed E-state index contributed by atoms with van der Waals surface area (Å²) in [5.41, 5.74) is 1.81. The molecule has 1 heterocycles. The zero-order valence-electron chi connectivity index (χ0n) is 9.55. The van der Waals surface area contributed by atoms with Gasteiger partial charge in [0.15, 0.2) is 0 Å². The molecule has 2 aromatic rings. The Morgan fingerprint density at radius 1 is 1.41 bits per heavy atom. The molecular formula is C12H12BrFN2S. The van der Waals surface area contributed by atoms with Crippen LogP contribution in [-0.2, 0) is 6.54 Å². The smallest absolute Gasteiger partial charge is 0.125 e. The van der Waals surface area contributed by atoms with Crippen molar-refractivity contribution in [3.05, 3.63) is 44.1 Å². The van der Waals surface area contributed by atoms with E-state index in [1.807, 2.05) is 6.92 Å². The fourth-order valence-electron chi connectivity index (χ4n) is 1.42. The van der Waals surface area contributed by atoms with Gasteiger partial charge in [-0.15, -0.1) is 11.3 Å². The lowest BCUT2D eigenvalue weighted by molar-refractivity contribution is 0.628. The van der Waals surface area contributed by atoms with Gasteiger partial charge in [0.1, 0.15) is 10.8 Å². The van der Waals surface area contributed by atoms with Gasteiger partial charge in [0, 0.05) is 9.35 Å². The standard InChI is InChI=1S/C12H12BrFN2S/c1-7-8(2)17-12(16-7)6-15-11-5-9(14)3-4-10(11)13/h3-5,15H,6H2,1-2H3. The topological polar surface area (TPSA) is 24.9 Å². The van der Waals surface area contributed by atoms with E-state index in [4.69, 9.17) is 0 Å². The lowest BCUT2D eigenvalue weighted by atomic mass is 10.3. The number of rotatable bonds is 3. The first kappa shape index (κ1) is 12.5. The van der Waals surface area contributed by atoms with E-state index in [1.165, 1.54) is 17.0 Å². The van der Waals surface area contributed by atoms with Crippen LogP contribution in [0, 0.1) is 19.7 Å². The van der Waals surface area contributed by atoms with Gasteiger partial charge in [-0.1, -0.05) is 0 Å². The van der Waals surface area contributed by atoms with Gasteiger partial charge in [0.05, 0.1) is 17.9 Å². The van der Waals surface area contributed by atoms with Crippen molar-refractivity contribution >= 4 is 33.0 Å². The van der Waals surface area contributed by atoms with Crippen LogP contribution in [0.2, 0.25) is 0 Å². The predicted molar refractivity (Wildman–Crippen MR) is 73.0 cm³/mol. The summed E-state index contributed by atoms with van der Waals surface area (Å²) in [7, 11) is 0. The molecule has 0 fully saturated rings. The quantitative estimate of drug-likeness (QED) is 0.915. The maximum atomic E-state index is 13.1. The molecule has 0 saturated heterocycles. The van der Waals surface area contributed by atoms with Gasteiger partial charge in [-0.3, -0.25) is 0 Å². The average Bonchev–Trinajstić information content (AvgIpc) is 2.60. The Bertz CT molecular complexity index is 520. The van der Waals surface area contributed by atoms with Gasteiger partial charge in [-0.05, 0) is 48.0 Å². The number of nitrogens with one attached hydrogen (secondary N) is 1. The van der Waals surface area contributed by atoms with E-state index in [0.29, 0.717) is 6.54 Å². The number of aryl methyl sites for hydroxylation is 2. The minimum atomic E-state index is -0.248. The Hall–Kier alpha value is -0.940. The van der Waals surface area contributed by atoms with Gasteiger partial charge < -0.3 is 5.32 Å². The fraction of sp³-hybridized carbons (Fsp3) is 0.250. The predicted octanol–water partition coefficient (Wildman–Crippen LogP) is 4.27. The van der Waals surface area contributed by atoms with Gasteiger partial charge in [0.25, 0.3) is 0 Å². The normalized spacial score (nSPS) is 10.6. The average molecular weight is 315 g/mol. The fourth-order valence-corrected chi connectivity index (χ4v) is 2.68. The second-order valence-corrected chi connectivity index (χ2v) is 5.87. The van der Waals surface area contributed by atoms with Crippen LogP contribution in [0.1, 0.15) is 15.6 Å². The molecule has 0 saturated carbocycles. The third-order valence-corrected chi connectivity index (χ3v) is 4.20. The molecule has 90 valence electrons. The summed E-state index contributed by atoms with van der Waals surface area (Å²) in [6.45, 7) is 4.66. The second-order valence-electron chi connectivity index (χ2n) is 3.73. The van der Waals surface area contributed by atoms with Crippen molar-refractivity contribution in [2.45, 2.75) is 20.4 Å². The van der Waals surface area contributed by atoms with Gasteiger partial charge >= 0.3 is 0 Å². The largest absolute Gasteiger partial charge is 0.378 e. The Kier molecular flexibility index (Phi) is 3.79. The van der Waals surface area contributed by atoms with Crippen molar-refractivity contribution in [3.63, 3.8) is 0 Å². The molecule has 2 nitrogen and oxygen atoms in total. The Morgan fingerprint density at radius 2 is 2.18 bits per heavy atom. The third kappa shape index (κ3) is 3.04. The molecule has 0 aliphatic carbocycles. The molecule has 0 unspecified atom stereocenters.